The van der Waals surface area contributed by atoms with E-state index in [2.05, 4.69) is 41.7 Å². The third-order valence-electron chi connectivity index (χ3n) is 6.15. The number of nitrogens with one attached hydrogen (secondary N) is 1. The second kappa shape index (κ2) is 10.2. The van der Waals surface area contributed by atoms with Crippen molar-refractivity contribution in [1.29, 1.82) is 0 Å². The Hall–Kier alpha value is -3.96. The van der Waals surface area contributed by atoms with E-state index in [1.54, 1.807) is 23.0 Å². The Morgan fingerprint density at radius 2 is 1.92 bits per heavy atom. The van der Waals surface area contributed by atoms with Crippen LogP contribution < -0.4 is 5.32 Å². The van der Waals surface area contributed by atoms with E-state index in [-0.39, 0.29) is 11.3 Å². The van der Waals surface area contributed by atoms with Crippen molar-refractivity contribution in [2.75, 3.05) is 31.6 Å². The van der Waals surface area contributed by atoms with Crippen molar-refractivity contribution in [3.8, 4) is 16.9 Å². The van der Waals surface area contributed by atoms with E-state index >= 15 is 0 Å². The van der Waals surface area contributed by atoms with Crippen LogP contribution in [-0.4, -0.2) is 67.2 Å². The van der Waals surface area contributed by atoms with Crippen molar-refractivity contribution in [3.63, 3.8) is 0 Å². The summed E-state index contributed by atoms with van der Waals surface area (Å²) < 4.78 is 12.4. The Balaban J connectivity index is 1.33. The topological polar surface area (TPSA) is 124 Å². The number of carbonyl (C=O) groups is 1. The molecule has 0 unspecified atom stereocenters. The van der Waals surface area contributed by atoms with Crippen molar-refractivity contribution in [2.24, 2.45) is 0 Å². The highest BCUT2D eigenvalue weighted by Gasteiger charge is 2.21. The SMILES string of the molecule is Cc1ncc(C(=O)Nc2cc(C(C)(C)C)on2)cc1-n1cc(-c2cncc(CN3CCOCC3)c2)nn1. The third-order valence-corrected chi connectivity index (χ3v) is 6.15. The Labute approximate surface area is 214 Å². The van der Waals surface area contributed by atoms with Gasteiger partial charge in [-0.2, -0.15) is 0 Å². The summed E-state index contributed by atoms with van der Waals surface area (Å²) >= 11 is 0. The fraction of sp³-hybridized carbons (Fsp3) is 0.385. The molecule has 1 aliphatic heterocycles. The maximum Gasteiger partial charge on any atom is 0.258 e. The lowest BCUT2D eigenvalue weighted by molar-refractivity contribution is 0.0341. The van der Waals surface area contributed by atoms with Crippen molar-refractivity contribution < 1.29 is 14.1 Å². The molecule has 1 N–H and O–H groups in total. The van der Waals surface area contributed by atoms with E-state index < -0.39 is 0 Å². The molecule has 0 saturated carbocycles. The number of aromatic nitrogens is 6. The quantitative estimate of drug-likeness (QED) is 0.422. The summed E-state index contributed by atoms with van der Waals surface area (Å²) in [7, 11) is 0. The number of hydrogen-bond acceptors (Lipinski definition) is 9. The van der Waals surface area contributed by atoms with Crippen LogP contribution in [0.3, 0.4) is 0 Å². The van der Waals surface area contributed by atoms with Gasteiger partial charge in [0.15, 0.2) is 5.82 Å². The van der Waals surface area contributed by atoms with Crippen LogP contribution >= 0.6 is 0 Å². The van der Waals surface area contributed by atoms with E-state index in [9.17, 15) is 4.79 Å². The first kappa shape index (κ1) is 24.7. The number of hydrogen-bond donors (Lipinski definition) is 1. The molecule has 0 aromatic carbocycles. The van der Waals surface area contributed by atoms with Crippen LogP contribution in [0.2, 0.25) is 0 Å². The van der Waals surface area contributed by atoms with Gasteiger partial charge in [-0.1, -0.05) is 31.1 Å². The lowest BCUT2D eigenvalue weighted by atomic mass is 9.93. The van der Waals surface area contributed by atoms with Gasteiger partial charge >= 0.3 is 0 Å². The molecule has 0 bridgehead atoms. The first-order chi connectivity index (χ1) is 17.8. The van der Waals surface area contributed by atoms with Gasteiger partial charge in [-0.25, -0.2) is 4.68 Å². The van der Waals surface area contributed by atoms with Crippen molar-refractivity contribution in [1.82, 2.24) is 35.0 Å². The standard InChI is InChI=1S/C26H30N8O3/c1-17-22(10-20(14-28-17)25(35)29-24-11-23(37-31-24)26(2,3)4)34-16-21(30-32-34)19-9-18(12-27-13-19)15-33-5-7-36-8-6-33/h9-14,16H,5-8,15H2,1-4H3,(H,29,31,35). The molecule has 4 aromatic rings. The summed E-state index contributed by atoms with van der Waals surface area (Å²) in [5.41, 5.74) is 4.18. The van der Waals surface area contributed by atoms with E-state index in [0.29, 0.717) is 34.2 Å². The normalized spacial score (nSPS) is 14.6. The second-order valence-electron chi connectivity index (χ2n) is 10.1. The van der Waals surface area contributed by atoms with Crippen LogP contribution in [0.25, 0.3) is 16.9 Å². The molecule has 0 spiro atoms. The van der Waals surface area contributed by atoms with Gasteiger partial charge in [0.1, 0.15) is 11.5 Å². The Morgan fingerprint density at radius 1 is 1.11 bits per heavy atom. The Bertz CT molecular complexity index is 1400. The zero-order valence-electron chi connectivity index (χ0n) is 21.4. The molecule has 5 heterocycles. The minimum Gasteiger partial charge on any atom is -0.379 e. The van der Waals surface area contributed by atoms with Gasteiger partial charge in [0, 0.05) is 55.3 Å². The molecule has 1 aliphatic rings. The van der Waals surface area contributed by atoms with E-state index in [1.165, 1.54) is 6.20 Å². The maximum absolute atomic E-state index is 12.9. The number of nitrogens with zero attached hydrogens (tertiary/aromatic N) is 7. The summed E-state index contributed by atoms with van der Waals surface area (Å²) in [4.78, 5) is 24.0. The number of anilines is 1. The van der Waals surface area contributed by atoms with Crippen LogP contribution in [0, 0.1) is 6.92 Å². The van der Waals surface area contributed by atoms with E-state index in [0.717, 1.165) is 44.0 Å². The molecule has 1 saturated heterocycles. The molecule has 37 heavy (non-hydrogen) atoms. The molecule has 0 aliphatic carbocycles. The average Bonchev–Trinajstić information content (AvgIpc) is 3.55. The van der Waals surface area contributed by atoms with Gasteiger partial charge in [-0.3, -0.25) is 19.7 Å². The number of rotatable bonds is 6. The summed E-state index contributed by atoms with van der Waals surface area (Å²) in [6.07, 6.45) is 6.99. The molecular formula is C26H30N8O3. The lowest BCUT2D eigenvalue weighted by Gasteiger charge is -2.26. The van der Waals surface area contributed by atoms with Crippen molar-refractivity contribution in [3.05, 3.63) is 65.6 Å². The first-order valence-corrected chi connectivity index (χ1v) is 12.2. The minimum absolute atomic E-state index is 0.211. The van der Waals surface area contributed by atoms with Crippen LogP contribution in [0.15, 0.2) is 47.5 Å². The number of morpholine rings is 1. The van der Waals surface area contributed by atoms with Crippen molar-refractivity contribution >= 4 is 11.7 Å². The number of ether oxygens (including phenoxy) is 1. The molecule has 11 heteroatoms. The highest BCUT2D eigenvalue weighted by molar-refractivity contribution is 6.03. The zero-order chi connectivity index (χ0) is 26.0. The molecule has 192 valence electrons. The molecule has 11 nitrogen and oxygen atoms in total. The molecular weight excluding hydrogens is 472 g/mol. The highest BCUT2D eigenvalue weighted by Crippen LogP contribution is 2.25. The predicted octanol–water partition coefficient (Wildman–Crippen LogP) is 3.40. The molecule has 0 atom stereocenters. The average molecular weight is 503 g/mol. The first-order valence-electron chi connectivity index (χ1n) is 12.2. The van der Waals surface area contributed by atoms with Gasteiger partial charge in [0.25, 0.3) is 5.91 Å². The number of aryl methyl sites for hydroxylation is 1. The smallest absolute Gasteiger partial charge is 0.258 e. The maximum atomic E-state index is 12.9. The van der Waals surface area contributed by atoms with Gasteiger partial charge in [0.05, 0.1) is 36.4 Å². The van der Waals surface area contributed by atoms with Gasteiger partial charge in [-0.05, 0) is 24.6 Å². The number of amides is 1. The Morgan fingerprint density at radius 3 is 2.68 bits per heavy atom. The molecule has 1 amide bonds. The third kappa shape index (κ3) is 5.73. The second-order valence-corrected chi connectivity index (χ2v) is 10.1. The lowest BCUT2D eigenvalue weighted by Crippen LogP contribution is -2.35. The largest absolute Gasteiger partial charge is 0.379 e. The van der Waals surface area contributed by atoms with E-state index in [4.69, 9.17) is 9.26 Å². The van der Waals surface area contributed by atoms with Crippen molar-refractivity contribution in [2.45, 2.75) is 39.7 Å². The Kier molecular flexibility index (Phi) is 6.81. The predicted molar refractivity (Wildman–Crippen MR) is 136 cm³/mol. The van der Waals surface area contributed by atoms with Crippen LogP contribution in [0.4, 0.5) is 5.82 Å². The summed E-state index contributed by atoms with van der Waals surface area (Å²) in [6, 6.07) is 5.54. The van der Waals surface area contributed by atoms with Gasteiger partial charge in [-0.15, -0.1) is 5.10 Å². The van der Waals surface area contributed by atoms with Crippen LogP contribution in [0.1, 0.15) is 48.1 Å². The van der Waals surface area contributed by atoms with E-state index in [1.807, 2.05) is 40.1 Å². The fourth-order valence-electron chi connectivity index (χ4n) is 4.00. The highest BCUT2D eigenvalue weighted by atomic mass is 16.5. The number of pyridine rings is 2. The minimum atomic E-state index is -0.345. The van der Waals surface area contributed by atoms with Crippen LogP contribution in [-0.2, 0) is 16.7 Å². The fourth-order valence-corrected chi connectivity index (χ4v) is 4.00. The van der Waals surface area contributed by atoms with Gasteiger partial charge < -0.3 is 14.6 Å². The number of carbonyl (C=O) groups excluding carboxylic acids is 1. The summed E-state index contributed by atoms with van der Waals surface area (Å²) in [5.74, 6) is 0.691. The molecule has 0 radical (unpaired) electrons. The molecule has 1 fully saturated rings. The zero-order valence-corrected chi connectivity index (χ0v) is 21.4. The summed E-state index contributed by atoms with van der Waals surface area (Å²) in [5, 5.41) is 15.4. The monoisotopic (exact) mass is 502 g/mol. The molecule has 5 rings (SSSR count). The molecule has 4 aromatic heterocycles. The summed E-state index contributed by atoms with van der Waals surface area (Å²) in [6.45, 7) is 12.0. The van der Waals surface area contributed by atoms with Gasteiger partial charge in [0.2, 0.25) is 0 Å². The van der Waals surface area contributed by atoms with Crippen LogP contribution in [0.5, 0.6) is 0 Å².